The van der Waals surface area contributed by atoms with E-state index in [1.165, 1.54) is 12.1 Å². The van der Waals surface area contributed by atoms with E-state index in [1.807, 2.05) is 6.07 Å². The summed E-state index contributed by atoms with van der Waals surface area (Å²) in [6.07, 6.45) is 0. The first-order chi connectivity index (χ1) is 13.3. The van der Waals surface area contributed by atoms with Gasteiger partial charge in [-0.2, -0.15) is 0 Å². The zero-order chi connectivity index (χ0) is 20.3. The number of halogens is 1. The van der Waals surface area contributed by atoms with Crippen molar-refractivity contribution < 1.29 is 19.1 Å². The van der Waals surface area contributed by atoms with Crippen LogP contribution in [0.4, 0.5) is 5.69 Å². The molecule has 0 spiro atoms. The van der Waals surface area contributed by atoms with Gasteiger partial charge in [-0.3, -0.25) is 10.1 Å². The highest BCUT2D eigenvalue weighted by Crippen LogP contribution is 2.25. The average Bonchev–Trinajstić information content (AvgIpc) is 3.13. The third-order valence-corrected chi connectivity index (χ3v) is 4.42. The summed E-state index contributed by atoms with van der Waals surface area (Å²) < 4.78 is 5.58. The molecule has 8 heteroatoms. The number of carboxylic acids is 1. The molecule has 0 saturated heterocycles. The van der Waals surface area contributed by atoms with Gasteiger partial charge in [0, 0.05) is 16.3 Å². The first-order valence-electron chi connectivity index (χ1n) is 8.16. The summed E-state index contributed by atoms with van der Waals surface area (Å²) in [7, 11) is 0. The van der Waals surface area contributed by atoms with Crippen LogP contribution in [0.5, 0.6) is 0 Å². The number of amides is 1. The molecule has 0 unspecified atom stereocenters. The van der Waals surface area contributed by atoms with Crippen molar-refractivity contribution in [2.45, 2.75) is 6.92 Å². The van der Waals surface area contributed by atoms with Crippen LogP contribution in [-0.4, -0.2) is 22.1 Å². The molecule has 0 aliphatic heterocycles. The minimum absolute atomic E-state index is 0.0244. The third-order valence-electron chi connectivity index (χ3n) is 3.98. The van der Waals surface area contributed by atoms with E-state index >= 15 is 0 Å². The average molecular weight is 415 g/mol. The molecule has 0 fully saturated rings. The van der Waals surface area contributed by atoms with Crippen LogP contribution in [0.3, 0.4) is 0 Å². The molecule has 3 rings (SSSR count). The molecule has 6 nitrogen and oxygen atoms in total. The molecule has 1 heterocycles. The second kappa shape index (κ2) is 8.24. The summed E-state index contributed by atoms with van der Waals surface area (Å²) in [4.78, 5) is 23.6. The topological polar surface area (TPSA) is 91.6 Å². The van der Waals surface area contributed by atoms with Crippen LogP contribution in [0.25, 0.3) is 11.3 Å². The van der Waals surface area contributed by atoms with Gasteiger partial charge >= 0.3 is 5.97 Å². The monoisotopic (exact) mass is 414 g/mol. The highest BCUT2D eigenvalue weighted by atomic mass is 35.5. The molecule has 0 atom stereocenters. The highest BCUT2D eigenvalue weighted by molar-refractivity contribution is 7.80. The number of anilines is 1. The van der Waals surface area contributed by atoms with Crippen molar-refractivity contribution in [1.29, 1.82) is 0 Å². The summed E-state index contributed by atoms with van der Waals surface area (Å²) in [6, 6.07) is 15.0. The smallest absolute Gasteiger partial charge is 0.336 e. The van der Waals surface area contributed by atoms with Crippen LogP contribution in [-0.2, 0) is 0 Å². The normalized spacial score (nSPS) is 10.4. The lowest BCUT2D eigenvalue weighted by Gasteiger charge is -2.12. The summed E-state index contributed by atoms with van der Waals surface area (Å²) in [5.74, 6) is -0.996. The predicted molar refractivity (Wildman–Crippen MR) is 111 cm³/mol. The van der Waals surface area contributed by atoms with Crippen molar-refractivity contribution in [1.82, 2.24) is 5.32 Å². The van der Waals surface area contributed by atoms with Gasteiger partial charge in [0.15, 0.2) is 10.9 Å². The fourth-order valence-corrected chi connectivity index (χ4v) is 2.97. The number of aromatic carboxylic acids is 1. The Hall–Kier alpha value is -3.16. The minimum atomic E-state index is -1.04. The van der Waals surface area contributed by atoms with Gasteiger partial charge in [-0.1, -0.05) is 29.8 Å². The van der Waals surface area contributed by atoms with Gasteiger partial charge in [-0.15, -0.1) is 0 Å². The van der Waals surface area contributed by atoms with E-state index < -0.39 is 11.9 Å². The lowest BCUT2D eigenvalue weighted by atomic mass is 10.1. The van der Waals surface area contributed by atoms with Crippen molar-refractivity contribution in [3.05, 3.63) is 76.5 Å². The van der Waals surface area contributed by atoms with Gasteiger partial charge in [0.05, 0.1) is 5.56 Å². The zero-order valence-corrected chi connectivity index (χ0v) is 16.2. The summed E-state index contributed by atoms with van der Waals surface area (Å²) >= 11 is 11.1. The number of hydrogen-bond acceptors (Lipinski definition) is 4. The van der Waals surface area contributed by atoms with E-state index in [1.54, 1.807) is 43.3 Å². The van der Waals surface area contributed by atoms with Gasteiger partial charge in [0.25, 0.3) is 5.91 Å². The summed E-state index contributed by atoms with van der Waals surface area (Å²) in [6.45, 7) is 1.65. The van der Waals surface area contributed by atoms with E-state index in [4.69, 9.17) is 28.2 Å². The fourth-order valence-electron chi connectivity index (χ4n) is 2.58. The molecule has 142 valence electrons. The summed E-state index contributed by atoms with van der Waals surface area (Å²) in [5.41, 5.74) is 1.89. The van der Waals surface area contributed by atoms with Crippen LogP contribution in [0, 0.1) is 6.92 Å². The van der Waals surface area contributed by atoms with Crippen LogP contribution in [0.1, 0.15) is 26.5 Å². The quantitative estimate of drug-likeness (QED) is 0.534. The van der Waals surface area contributed by atoms with Crippen LogP contribution >= 0.6 is 23.8 Å². The first-order valence-corrected chi connectivity index (χ1v) is 8.95. The summed E-state index contributed by atoms with van der Waals surface area (Å²) in [5, 5.41) is 15.1. The van der Waals surface area contributed by atoms with Gasteiger partial charge in [0.2, 0.25) is 0 Å². The molecule has 3 N–H and O–H groups in total. The zero-order valence-electron chi connectivity index (χ0n) is 14.7. The molecule has 0 aliphatic carbocycles. The third kappa shape index (κ3) is 4.39. The van der Waals surface area contributed by atoms with Gasteiger partial charge in [-0.25, -0.2) is 4.79 Å². The van der Waals surface area contributed by atoms with Crippen molar-refractivity contribution in [2.24, 2.45) is 0 Å². The molecule has 28 heavy (non-hydrogen) atoms. The van der Waals surface area contributed by atoms with Crippen molar-refractivity contribution in [2.75, 3.05) is 5.32 Å². The Morgan fingerprint density at radius 2 is 1.86 bits per heavy atom. The van der Waals surface area contributed by atoms with E-state index in [0.29, 0.717) is 22.0 Å². The number of carbonyl (C=O) groups excluding carboxylic acids is 1. The first kappa shape index (κ1) is 19.6. The highest BCUT2D eigenvalue weighted by Gasteiger charge is 2.15. The number of benzene rings is 2. The number of hydrogen-bond donors (Lipinski definition) is 3. The van der Waals surface area contributed by atoms with Crippen molar-refractivity contribution >= 4 is 46.5 Å². The Balaban J connectivity index is 1.69. The number of carboxylic acid groups (broad SMARTS) is 1. The van der Waals surface area contributed by atoms with E-state index in [2.05, 4.69) is 10.6 Å². The van der Waals surface area contributed by atoms with Gasteiger partial charge in [0.1, 0.15) is 5.76 Å². The number of furan rings is 1. The largest absolute Gasteiger partial charge is 0.478 e. The lowest BCUT2D eigenvalue weighted by Crippen LogP contribution is -2.34. The Morgan fingerprint density at radius 1 is 1.11 bits per heavy atom. The Morgan fingerprint density at radius 3 is 2.57 bits per heavy atom. The molecule has 3 aromatic rings. The molecular weight excluding hydrogens is 400 g/mol. The standard InChI is InChI=1S/C20H15ClN2O4S/c1-11-14(19(25)26)6-3-7-15(11)22-20(28)23-18(24)17-9-8-16(27-17)12-4-2-5-13(21)10-12/h2-10H,1H3,(H,25,26)(H2,22,23,24,28). The van der Waals surface area contributed by atoms with Crippen LogP contribution in [0.15, 0.2) is 59.0 Å². The van der Waals surface area contributed by atoms with Gasteiger partial charge in [-0.05, 0) is 61.1 Å². The van der Waals surface area contributed by atoms with Crippen LogP contribution < -0.4 is 10.6 Å². The van der Waals surface area contributed by atoms with Gasteiger partial charge < -0.3 is 14.8 Å². The maximum absolute atomic E-state index is 12.4. The molecule has 0 bridgehead atoms. The van der Waals surface area contributed by atoms with E-state index in [9.17, 15) is 14.7 Å². The van der Waals surface area contributed by atoms with Crippen LogP contribution in [0.2, 0.25) is 5.02 Å². The number of thiocarbonyl (C=S) groups is 1. The molecule has 0 saturated carbocycles. The number of rotatable bonds is 4. The maximum atomic E-state index is 12.4. The van der Waals surface area contributed by atoms with E-state index in [-0.39, 0.29) is 16.4 Å². The molecular formula is C20H15ClN2O4S. The van der Waals surface area contributed by atoms with Crippen molar-refractivity contribution in [3.63, 3.8) is 0 Å². The predicted octanol–water partition coefficient (Wildman–Crippen LogP) is 4.73. The maximum Gasteiger partial charge on any atom is 0.336 e. The minimum Gasteiger partial charge on any atom is -0.478 e. The Labute approximate surface area is 171 Å². The number of nitrogens with one attached hydrogen (secondary N) is 2. The second-order valence-electron chi connectivity index (χ2n) is 5.87. The second-order valence-corrected chi connectivity index (χ2v) is 6.71. The molecule has 2 aromatic carbocycles. The molecule has 1 amide bonds. The Bertz CT molecular complexity index is 1080. The lowest BCUT2D eigenvalue weighted by molar-refractivity contribution is 0.0696. The SMILES string of the molecule is Cc1c(NC(=S)NC(=O)c2ccc(-c3cccc(Cl)c3)o2)cccc1C(=O)O. The molecule has 0 radical (unpaired) electrons. The van der Waals surface area contributed by atoms with Crippen molar-refractivity contribution in [3.8, 4) is 11.3 Å². The van der Waals surface area contributed by atoms with E-state index in [0.717, 1.165) is 5.56 Å². The number of carbonyl (C=O) groups is 2. The molecule has 0 aliphatic rings. The Kier molecular flexibility index (Phi) is 5.77. The molecule has 1 aromatic heterocycles. The fraction of sp³-hybridized carbons (Fsp3) is 0.0500.